The number of ether oxygens (including phenoxy) is 1. The van der Waals surface area contributed by atoms with E-state index in [1.807, 2.05) is 0 Å². The van der Waals surface area contributed by atoms with E-state index >= 15 is 0 Å². The Hall–Kier alpha value is -1.30. The number of hydrogen-bond acceptors (Lipinski definition) is 6. The molecule has 106 valence electrons. The summed E-state index contributed by atoms with van der Waals surface area (Å²) in [5.41, 5.74) is 6.45. The van der Waals surface area contributed by atoms with Gasteiger partial charge in [-0.1, -0.05) is 19.8 Å². The Labute approximate surface area is 117 Å². The Morgan fingerprint density at radius 2 is 2.21 bits per heavy atom. The number of carbonyl (C=O) groups is 1. The second-order valence-corrected chi connectivity index (χ2v) is 5.95. The molecule has 0 aliphatic heterocycles. The molecule has 0 spiro atoms. The molecule has 2 rings (SSSR count). The summed E-state index contributed by atoms with van der Waals surface area (Å²) >= 11 is 1.23. The zero-order valence-corrected chi connectivity index (χ0v) is 12.3. The third-order valence-corrected chi connectivity index (χ3v) is 4.97. The van der Waals surface area contributed by atoms with Gasteiger partial charge in [0.2, 0.25) is 0 Å². The van der Waals surface area contributed by atoms with Crippen LogP contribution in [0.4, 0.5) is 10.8 Å². The Bertz CT molecular complexity index is 453. The molecule has 1 aliphatic carbocycles. The molecule has 0 aromatic carbocycles. The maximum atomic E-state index is 11.7. The van der Waals surface area contributed by atoms with Crippen molar-refractivity contribution in [1.82, 2.24) is 4.37 Å². The molecule has 1 saturated carbocycles. The zero-order chi connectivity index (χ0) is 13.9. The minimum Gasteiger partial charge on any atom is -0.465 e. The predicted molar refractivity (Wildman–Crippen MR) is 77.5 cm³/mol. The number of methoxy groups -OCH3 is 1. The van der Waals surface area contributed by atoms with Crippen LogP contribution >= 0.6 is 11.5 Å². The van der Waals surface area contributed by atoms with Gasteiger partial charge in [-0.2, -0.15) is 4.37 Å². The lowest BCUT2D eigenvalue weighted by Crippen LogP contribution is -2.26. The van der Waals surface area contributed by atoms with Gasteiger partial charge in [-0.25, -0.2) is 4.79 Å². The molecule has 0 atom stereocenters. The summed E-state index contributed by atoms with van der Waals surface area (Å²) < 4.78 is 8.78. The van der Waals surface area contributed by atoms with Gasteiger partial charge in [0.25, 0.3) is 0 Å². The van der Waals surface area contributed by atoms with Crippen LogP contribution in [0.1, 0.15) is 49.4 Å². The summed E-state index contributed by atoms with van der Waals surface area (Å²) in [6, 6.07) is 0. The van der Waals surface area contributed by atoms with Crippen molar-refractivity contribution in [2.75, 3.05) is 24.7 Å². The lowest BCUT2D eigenvalue weighted by Gasteiger charge is -2.27. The van der Waals surface area contributed by atoms with Gasteiger partial charge >= 0.3 is 5.97 Å². The van der Waals surface area contributed by atoms with Crippen LogP contribution in [0.25, 0.3) is 0 Å². The maximum absolute atomic E-state index is 11.7. The van der Waals surface area contributed by atoms with Crippen LogP contribution in [0.3, 0.4) is 0 Å². The number of nitrogens with zero attached hydrogens (tertiary/aromatic N) is 1. The number of anilines is 2. The average molecular weight is 283 g/mol. The van der Waals surface area contributed by atoms with E-state index in [1.165, 1.54) is 44.3 Å². The number of hydrogen-bond donors (Lipinski definition) is 2. The Morgan fingerprint density at radius 3 is 2.79 bits per heavy atom. The number of nitrogens with two attached hydrogens (primary N) is 1. The summed E-state index contributed by atoms with van der Waals surface area (Å²) in [5.74, 6) is -0.179. The molecule has 0 bridgehead atoms. The number of carbonyl (C=O) groups excluding carboxylic acids is 1. The quantitative estimate of drug-likeness (QED) is 0.812. The van der Waals surface area contributed by atoms with Crippen molar-refractivity contribution in [3.63, 3.8) is 0 Å². The molecular formula is C13H21N3O2S. The van der Waals surface area contributed by atoms with Gasteiger partial charge in [-0.15, -0.1) is 0 Å². The van der Waals surface area contributed by atoms with Gasteiger partial charge in [0.05, 0.1) is 7.11 Å². The van der Waals surface area contributed by atoms with Crippen molar-refractivity contribution in [3.8, 4) is 0 Å². The van der Waals surface area contributed by atoms with Gasteiger partial charge in [-0.05, 0) is 36.2 Å². The number of nitrogen functional groups attached to an aromatic ring is 1. The highest BCUT2D eigenvalue weighted by Gasteiger charge is 2.32. The van der Waals surface area contributed by atoms with Crippen LogP contribution in [0.2, 0.25) is 0 Å². The lowest BCUT2D eigenvalue weighted by molar-refractivity contribution is 0.0603. The largest absolute Gasteiger partial charge is 0.465 e. The fourth-order valence-corrected chi connectivity index (χ4v) is 3.47. The highest BCUT2D eigenvalue weighted by Crippen LogP contribution is 2.41. The number of rotatable bonds is 5. The lowest BCUT2D eigenvalue weighted by atomic mass is 9.83. The van der Waals surface area contributed by atoms with Gasteiger partial charge in [0.1, 0.15) is 10.6 Å². The first-order chi connectivity index (χ1) is 9.12. The number of esters is 1. The zero-order valence-electron chi connectivity index (χ0n) is 11.5. The smallest absolute Gasteiger partial charge is 0.344 e. The Kier molecular flexibility index (Phi) is 4.29. The molecule has 0 amide bonds. The predicted octanol–water partition coefficient (Wildman–Crippen LogP) is 2.89. The highest BCUT2D eigenvalue weighted by atomic mass is 32.1. The first-order valence-electron chi connectivity index (χ1n) is 6.69. The maximum Gasteiger partial charge on any atom is 0.344 e. The normalized spacial score (nSPS) is 17.4. The van der Waals surface area contributed by atoms with Crippen molar-refractivity contribution in [2.45, 2.75) is 39.0 Å². The van der Waals surface area contributed by atoms with E-state index in [4.69, 9.17) is 10.5 Å². The third-order valence-electron chi connectivity index (χ3n) is 4.15. The van der Waals surface area contributed by atoms with Crippen LogP contribution in [0.5, 0.6) is 0 Å². The summed E-state index contributed by atoms with van der Waals surface area (Å²) in [6.07, 6.45) is 6.24. The molecule has 1 aromatic heterocycles. The molecule has 0 radical (unpaired) electrons. The number of nitrogens with one attached hydrogen (secondary N) is 1. The summed E-state index contributed by atoms with van der Waals surface area (Å²) in [5, 5.41) is 4.08. The Morgan fingerprint density at radius 1 is 1.53 bits per heavy atom. The second-order valence-electron chi connectivity index (χ2n) is 5.18. The molecule has 1 aromatic rings. The molecule has 19 heavy (non-hydrogen) atoms. The van der Waals surface area contributed by atoms with Crippen LogP contribution in [-0.4, -0.2) is 24.0 Å². The van der Waals surface area contributed by atoms with Crippen LogP contribution < -0.4 is 11.1 Å². The molecule has 5 nitrogen and oxygen atoms in total. The van der Waals surface area contributed by atoms with Crippen molar-refractivity contribution < 1.29 is 9.53 Å². The molecule has 0 unspecified atom stereocenters. The monoisotopic (exact) mass is 283 g/mol. The molecule has 1 aliphatic rings. The van der Waals surface area contributed by atoms with Crippen molar-refractivity contribution >= 4 is 28.3 Å². The van der Waals surface area contributed by atoms with Crippen molar-refractivity contribution in [2.24, 2.45) is 5.41 Å². The average Bonchev–Trinajstić information content (AvgIpc) is 3.03. The van der Waals surface area contributed by atoms with E-state index in [-0.39, 0.29) is 5.82 Å². The van der Waals surface area contributed by atoms with Crippen LogP contribution in [-0.2, 0) is 4.74 Å². The van der Waals surface area contributed by atoms with Gasteiger partial charge in [-0.3, -0.25) is 0 Å². The first-order valence-corrected chi connectivity index (χ1v) is 7.46. The van der Waals surface area contributed by atoms with Gasteiger partial charge < -0.3 is 15.8 Å². The Balaban J connectivity index is 2.09. The minimum absolute atomic E-state index is 0.247. The van der Waals surface area contributed by atoms with E-state index in [2.05, 4.69) is 16.6 Å². The molecule has 0 saturated heterocycles. The first kappa shape index (κ1) is 14.1. The standard InChI is InChI=1S/C13H21N3O2S/c1-3-13(6-4-5-7-13)8-15-11-9(12(17)18-2)10(14)16-19-11/h15H,3-8H2,1-2H3,(H2,14,16). The fraction of sp³-hybridized carbons (Fsp3) is 0.692. The van der Waals surface area contributed by atoms with Gasteiger partial charge in [0.15, 0.2) is 5.82 Å². The molecule has 1 fully saturated rings. The van der Waals surface area contributed by atoms with Crippen molar-refractivity contribution in [3.05, 3.63) is 5.56 Å². The molecule has 1 heterocycles. The van der Waals surface area contributed by atoms with E-state index < -0.39 is 5.97 Å². The van der Waals surface area contributed by atoms with Crippen LogP contribution in [0, 0.1) is 5.41 Å². The second kappa shape index (κ2) is 5.77. The molecule has 6 heteroatoms. The summed E-state index contributed by atoms with van der Waals surface area (Å²) in [6.45, 7) is 3.10. The molecular weight excluding hydrogens is 262 g/mol. The van der Waals surface area contributed by atoms with Crippen molar-refractivity contribution in [1.29, 1.82) is 0 Å². The third kappa shape index (κ3) is 2.83. The summed E-state index contributed by atoms with van der Waals surface area (Å²) in [7, 11) is 1.35. The molecule has 3 N–H and O–H groups in total. The van der Waals surface area contributed by atoms with Crippen LogP contribution in [0.15, 0.2) is 0 Å². The van der Waals surface area contributed by atoms with E-state index in [9.17, 15) is 4.79 Å². The fourth-order valence-electron chi connectivity index (χ4n) is 2.77. The SMILES string of the molecule is CCC1(CNc2snc(N)c2C(=O)OC)CCCC1. The highest BCUT2D eigenvalue weighted by molar-refractivity contribution is 7.11. The topological polar surface area (TPSA) is 77.2 Å². The van der Waals surface area contributed by atoms with E-state index in [1.54, 1.807) is 0 Å². The minimum atomic E-state index is -0.425. The van der Waals surface area contributed by atoms with E-state index in [0.717, 1.165) is 18.0 Å². The number of aromatic nitrogens is 1. The van der Waals surface area contributed by atoms with E-state index in [0.29, 0.717) is 11.0 Å². The summed E-state index contributed by atoms with van der Waals surface area (Å²) in [4.78, 5) is 11.7. The van der Waals surface area contributed by atoms with Gasteiger partial charge in [0, 0.05) is 6.54 Å².